The zero-order valence-corrected chi connectivity index (χ0v) is 19.2. The first kappa shape index (κ1) is 22.9. The summed E-state index contributed by atoms with van der Waals surface area (Å²) in [5.74, 6) is -0.161. The maximum absolute atomic E-state index is 13.1. The summed E-state index contributed by atoms with van der Waals surface area (Å²) >= 11 is 0. The van der Waals surface area contributed by atoms with E-state index < -0.39 is 11.6 Å². The third-order valence-corrected chi connectivity index (χ3v) is 5.80. The molecule has 2 heterocycles. The minimum atomic E-state index is -0.642. The average molecular weight is 447 g/mol. The topological polar surface area (TPSA) is 90.1 Å². The molecule has 3 aromatic rings. The van der Waals surface area contributed by atoms with E-state index in [1.807, 2.05) is 92.2 Å². The lowest BCUT2D eigenvalue weighted by molar-refractivity contribution is -0.114. The van der Waals surface area contributed by atoms with E-state index in [9.17, 15) is 15.0 Å². The minimum Gasteiger partial charge on any atom is -0.394 e. The van der Waals surface area contributed by atoms with Gasteiger partial charge in [0.05, 0.1) is 29.7 Å². The van der Waals surface area contributed by atoms with Crippen LogP contribution in [0, 0.1) is 0 Å². The van der Waals surface area contributed by atoms with Gasteiger partial charge in [-0.2, -0.15) is 10.1 Å². The molecule has 0 radical (unpaired) electrons. The van der Waals surface area contributed by atoms with Crippen molar-refractivity contribution in [3.8, 4) is 0 Å². The number of aliphatic hydroxyl groups excluding tert-OH is 2. The summed E-state index contributed by atoms with van der Waals surface area (Å²) in [5, 5.41) is 30.1. The van der Waals surface area contributed by atoms with Gasteiger partial charge in [-0.1, -0.05) is 36.4 Å². The van der Waals surface area contributed by atoms with Gasteiger partial charge in [0, 0.05) is 41.3 Å². The summed E-state index contributed by atoms with van der Waals surface area (Å²) in [4.78, 5) is 13.1. The first-order valence-electron chi connectivity index (χ1n) is 11.1. The van der Waals surface area contributed by atoms with Crippen molar-refractivity contribution >= 4 is 34.3 Å². The molecule has 4 rings (SSSR count). The molecular weight excluding hydrogens is 416 g/mol. The second kappa shape index (κ2) is 9.31. The zero-order chi connectivity index (χ0) is 23.6. The van der Waals surface area contributed by atoms with Gasteiger partial charge in [0.2, 0.25) is 0 Å². The lowest BCUT2D eigenvalue weighted by Gasteiger charge is -2.25. The van der Waals surface area contributed by atoms with Crippen LogP contribution in [0.25, 0.3) is 17.0 Å². The van der Waals surface area contributed by atoms with Crippen molar-refractivity contribution in [3.63, 3.8) is 0 Å². The van der Waals surface area contributed by atoms with Crippen molar-refractivity contribution in [1.29, 1.82) is 0 Å². The van der Waals surface area contributed by atoms with Gasteiger partial charge in [0.25, 0.3) is 5.91 Å². The van der Waals surface area contributed by atoms with Gasteiger partial charge in [-0.15, -0.1) is 0 Å². The zero-order valence-electron chi connectivity index (χ0n) is 19.2. The Labute approximate surface area is 193 Å². The monoisotopic (exact) mass is 446 g/mol. The van der Waals surface area contributed by atoms with E-state index in [1.54, 1.807) is 0 Å². The molecule has 0 fully saturated rings. The van der Waals surface area contributed by atoms with Gasteiger partial charge in [0.1, 0.15) is 0 Å². The summed E-state index contributed by atoms with van der Waals surface area (Å²) in [7, 11) is 0. The number of nitrogens with zero attached hydrogens (tertiary/aromatic N) is 3. The molecule has 172 valence electrons. The molecule has 0 aliphatic carbocycles. The predicted octanol–water partition coefficient (Wildman–Crippen LogP) is 3.17. The van der Waals surface area contributed by atoms with E-state index in [1.165, 1.54) is 5.01 Å². The fraction of sp³-hybridized carbons (Fsp3) is 0.308. The molecule has 0 saturated heterocycles. The normalized spacial score (nSPS) is 16.6. The first-order chi connectivity index (χ1) is 15.8. The quantitative estimate of drug-likeness (QED) is 0.464. The highest BCUT2D eigenvalue weighted by molar-refractivity contribution is 6.32. The highest BCUT2D eigenvalue weighted by Crippen LogP contribution is 2.28. The molecule has 1 atom stereocenters. The van der Waals surface area contributed by atoms with E-state index in [0.717, 1.165) is 22.2 Å². The second-order valence-corrected chi connectivity index (χ2v) is 9.03. The number of β-amino-alcohol motifs (C(OH)–C–C–N with tert-alkyl or cyclic N) is 1. The Balaban J connectivity index is 1.61. The van der Waals surface area contributed by atoms with Crippen LogP contribution in [0.5, 0.6) is 0 Å². The number of benzene rings is 2. The van der Waals surface area contributed by atoms with Crippen LogP contribution in [0.4, 0.5) is 5.69 Å². The number of hydrazone groups is 1. The highest BCUT2D eigenvalue weighted by atomic mass is 16.3. The van der Waals surface area contributed by atoms with Crippen LogP contribution in [0.15, 0.2) is 71.5 Å². The standard InChI is InChI=1S/C26H30N4O3/c1-18-23(25(33)30(28-18)20-9-5-4-6-10-20)13-19-15-29(24-12-8-7-11-22(19)24)16-21(32)14-27-26(2,3)17-31/h4-13,15,21,27,31-32H,14,16-17H2,1-3H3. The van der Waals surface area contributed by atoms with Gasteiger partial charge in [-0.05, 0) is 45.0 Å². The fourth-order valence-electron chi connectivity index (χ4n) is 3.87. The lowest BCUT2D eigenvalue weighted by Crippen LogP contribution is -2.46. The van der Waals surface area contributed by atoms with Crippen LogP contribution in [-0.4, -0.2) is 51.2 Å². The first-order valence-corrected chi connectivity index (χ1v) is 11.1. The molecule has 1 unspecified atom stereocenters. The molecule has 1 aliphatic rings. The van der Waals surface area contributed by atoms with Gasteiger partial charge in [0.15, 0.2) is 0 Å². The number of fused-ring (bicyclic) bond motifs is 1. The van der Waals surface area contributed by atoms with Crippen LogP contribution in [0.3, 0.4) is 0 Å². The molecule has 2 aromatic carbocycles. The van der Waals surface area contributed by atoms with Crippen LogP contribution < -0.4 is 10.3 Å². The Morgan fingerprint density at radius 1 is 1.12 bits per heavy atom. The number of amides is 1. The van der Waals surface area contributed by atoms with Crippen molar-refractivity contribution in [2.24, 2.45) is 5.10 Å². The molecule has 33 heavy (non-hydrogen) atoms. The van der Waals surface area contributed by atoms with Gasteiger partial charge in [-0.3, -0.25) is 4.79 Å². The van der Waals surface area contributed by atoms with Crippen molar-refractivity contribution in [1.82, 2.24) is 9.88 Å². The molecule has 1 amide bonds. The van der Waals surface area contributed by atoms with E-state index >= 15 is 0 Å². The number of para-hydroxylation sites is 2. The van der Waals surface area contributed by atoms with E-state index in [-0.39, 0.29) is 12.5 Å². The predicted molar refractivity (Wildman–Crippen MR) is 132 cm³/mol. The Hall–Kier alpha value is -3.26. The lowest BCUT2D eigenvalue weighted by atomic mass is 10.1. The molecule has 0 bridgehead atoms. The highest BCUT2D eigenvalue weighted by Gasteiger charge is 2.29. The Bertz CT molecular complexity index is 1210. The summed E-state index contributed by atoms with van der Waals surface area (Å²) in [5.41, 5.74) is 3.36. The molecule has 7 heteroatoms. The number of hydrogen-bond acceptors (Lipinski definition) is 5. The van der Waals surface area contributed by atoms with Crippen molar-refractivity contribution < 1.29 is 15.0 Å². The third kappa shape index (κ3) is 4.90. The van der Waals surface area contributed by atoms with Crippen LogP contribution in [0.1, 0.15) is 26.3 Å². The van der Waals surface area contributed by atoms with Gasteiger partial charge < -0.3 is 20.1 Å². The number of carbonyl (C=O) groups excluding carboxylic acids is 1. The van der Waals surface area contributed by atoms with Crippen LogP contribution >= 0.6 is 0 Å². The Morgan fingerprint density at radius 2 is 1.82 bits per heavy atom. The second-order valence-electron chi connectivity index (χ2n) is 9.03. The molecule has 7 nitrogen and oxygen atoms in total. The van der Waals surface area contributed by atoms with Crippen molar-refractivity contribution in [2.45, 2.75) is 39.0 Å². The fourth-order valence-corrected chi connectivity index (χ4v) is 3.87. The van der Waals surface area contributed by atoms with Crippen LogP contribution in [-0.2, 0) is 11.3 Å². The van der Waals surface area contributed by atoms with Crippen molar-refractivity contribution in [2.75, 3.05) is 18.2 Å². The SMILES string of the molecule is CC1=NN(c2ccccc2)C(=O)C1=Cc1cn(CC(O)CNC(C)(C)CO)c2ccccc12. The van der Waals surface area contributed by atoms with Crippen molar-refractivity contribution in [3.05, 3.63) is 71.9 Å². The van der Waals surface area contributed by atoms with Crippen LogP contribution in [0.2, 0.25) is 0 Å². The maximum atomic E-state index is 13.1. The number of aromatic nitrogens is 1. The van der Waals surface area contributed by atoms with E-state index in [2.05, 4.69) is 10.4 Å². The van der Waals surface area contributed by atoms with E-state index in [0.29, 0.717) is 24.4 Å². The van der Waals surface area contributed by atoms with Gasteiger partial charge in [-0.25, -0.2) is 0 Å². The maximum Gasteiger partial charge on any atom is 0.280 e. The molecule has 0 spiro atoms. The Morgan fingerprint density at radius 3 is 2.55 bits per heavy atom. The number of hydrogen-bond donors (Lipinski definition) is 3. The largest absolute Gasteiger partial charge is 0.394 e. The Kier molecular flexibility index (Phi) is 6.47. The smallest absolute Gasteiger partial charge is 0.280 e. The number of aliphatic hydroxyl groups is 2. The summed E-state index contributed by atoms with van der Waals surface area (Å²) in [6.45, 7) is 6.33. The van der Waals surface area contributed by atoms with E-state index in [4.69, 9.17) is 0 Å². The summed E-state index contributed by atoms with van der Waals surface area (Å²) in [6, 6.07) is 17.3. The number of anilines is 1. The third-order valence-electron chi connectivity index (χ3n) is 5.80. The summed E-state index contributed by atoms with van der Waals surface area (Å²) in [6.07, 6.45) is 3.20. The summed E-state index contributed by atoms with van der Waals surface area (Å²) < 4.78 is 2.00. The molecule has 1 aliphatic heterocycles. The molecule has 1 aromatic heterocycles. The molecule has 0 saturated carbocycles. The number of carbonyl (C=O) groups is 1. The average Bonchev–Trinajstić information content (AvgIpc) is 3.30. The number of nitrogens with one attached hydrogen (secondary N) is 1. The molecule has 3 N–H and O–H groups in total. The molecular formula is C26H30N4O3. The number of rotatable bonds is 8. The minimum absolute atomic E-state index is 0.0151. The van der Waals surface area contributed by atoms with Gasteiger partial charge >= 0.3 is 0 Å².